The summed E-state index contributed by atoms with van der Waals surface area (Å²) in [6.45, 7) is -1.34. The van der Waals surface area contributed by atoms with E-state index in [1.165, 1.54) is 54.8 Å². The maximum Gasteiger partial charge on any atom is 0.338 e. The van der Waals surface area contributed by atoms with E-state index in [-0.39, 0.29) is 76.9 Å². The van der Waals surface area contributed by atoms with Crippen LogP contribution in [-0.4, -0.2) is 135 Å². The van der Waals surface area contributed by atoms with E-state index in [4.69, 9.17) is 42.6 Å². The molecule has 2 aliphatic rings. The number of aromatic hydroxyl groups is 3. The number of esters is 1. The Kier molecular flexibility index (Phi) is 12.7. The third-order valence-corrected chi connectivity index (χ3v) is 9.93. The SMILES string of the molecule is COc1cc(C(=O)O[C@H]2[C@H](OC[C@H]3[C@H](CO)Cc4cc(OC)c(O)c(OC)c4[C@@H]3c3cc(OC)c(O)c(OC)c3)O[C@H](CO)[C@@H](O)[C@@H]2O)cc(OC)c1O. The number of carbonyl (C=O) groups is 1. The van der Waals surface area contributed by atoms with Crippen LogP contribution >= 0.6 is 0 Å². The molecule has 0 unspecified atom stereocenters. The van der Waals surface area contributed by atoms with Crippen LogP contribution < -0.4 is 28.4 Å². The monoisotopic (exact) mass is 762 g/mol. The minimum Gasteiger partial charge on any atom is -0.502 e. The Hall–Kier alpha value is -4.91. The predicted molar refractivity (Wildman–Crippen MR) is 186 cm³/mol. The fraction of sp³-hybridized carbons (Fsp3) is 0.486. The molecular formula is C37H46O17. The number of hydrogen-bond donors (Lipinski definition) is 7. The lowest BCUT2D eigenvalue weighted by molar-refractivity contribution is -0.303. The van der Waals surface area contributed by atoms with Gasteiger partial charge in [0.1, 0.15) is 18.3 Å². The molecule has 0 radical (unpaired) electrons. The van der Waals surface area contributed by atoms with Gasteiger partial charge in [0.25, 0.3) is 0 Å². The molecular weight excluding hydrogens is 716 g/mol. The average Bonchev–Trinajstić information content (AvgIpc) is 3.18. The Balaban J connectivity index is 1.58. The van der Waals surface area contributed by atoms with Crippen molar-refractivity contribution in [3.05, 3.63) is 52.6 Å². The fourth-order valence-corrected chi connectivity index (χ4v) is 7.15. The molecule has 1 fully saturated rings. The van der Waals surface area contributed by atoms with Crippen LogP contribution in [0.2, 0.25) is 0 Å². The Morgan fingerprint density at radius 3 is 1.76 bits per heavy atom. The van der Waals surface area contributed by atoms with Crippen LogP contribution in [0.15, 0.2) is 30.3 Å². The van der Waals surface area contributed by atoms with Crippen molar-refractivity contribution in [1.82, 2.24) is 0 Å². The van der Waals surface area contributed by atoms with E-state index in [9.17, 15) is 40.5 Å². The highest BCUT2D eigenvalue weighted by atomic mass is 16.7. The highest BCUT2D eigenvalue weighted by Crippen LogP contribution is 2.54. The molecule has 0 spiro atoms. The molecule has 54 heavy (non-hydrogen) atoms. The van der Waals surface area contributed by atoms with E-state index in [2.05, 4.69) is 0 Å². The number of phenols is 3. The molecule has 0 saturated carbocycles. The normalized spacial score (nSPS) is 24.9. The van der Waals surface area contributed by atoms with Gasteiger partial charge in [-0.1, -0.05) is 0 Å². The Morgan fingerprint density at radius 1 is 0.722 bits per heavy atom. The molecule has 0 bridgehead atoms. The van der Waals surface area contributed by atoms with E-state index in [0.29, 0.717) is 16.7 Å². The molecule has 296 valence electrons. The maximum absolute atomic E-state index is 13.5. The summed E-state index contributed by atoms with van der Waals surface area (Å²) in [5, 5.41) is 75.1. The first kappa shape index (κ1) is 40.3. The van der Waals surface area contributed by atoms with Crippen molar-refractivity contribution in [2.24, 2.45) is 11.8 Å². The van der Waals surface area contributed by atoms with Crippen molar-refractivity contribution in [2.45, 2.75) is 43.0 Å². The summed E-state index contributed by atoms with van der Waals surface area (Å²) in [5.41, 5.74) is 1.54. The fourth-order valence-electron chi connectivity index (χ4n) is 7.15. The summed E-state index contributed by atoms with van der Waals surface area (Å²) in [6, 6.07) is 7.17. The van der Waals surface area contributed by atoms with Gasteiger partial charge in [-0.3, -0.25) is 0 Å². The van der Waals surface area contributed by atoms with Gasteiger partial charge in [-0.25, -0.2) is 4.79 Å². The van der Waals surface area contributed by atoms with Crippen LogP contribution in [0.1, 0.15) is 33.0 Å². The van der Waals surface area contributed by atoms with Gasteiger partial charge in [-0.15, -0.1) is 0 Å². The van der Waals surface area contributed by atoms with Crippen molar-refractivity contribution >= 4 is 5.97 Å². The van der Waals surface area contributed by atoms with Gasteiger partial charge in [0, 0.05) is 18.1 Å². The molecule has 5 rings (SSSR count). The van der Waals surface area contributed by atoms with Crippen molar-refractivity contribution < 1.29 is 83.2 Å². The van der Waals surface area contributed by atoms with Gasteiger partial charge in [0.05, 0.1) is 61.4 Å². The van der Waals surface area contributed by atoms with Crippen molar-refractivity contribution in [3.63, 3.8) is 0 Å². The molecule has 0 aromatic heterocycles. The summed E-state index contributed by atoms with van der Waals surface area (Å²) in [7, 11) is 8.04. The number of fused-ring (bicyclic) bond motifs is 1. The number of phenolic OH excluding ortho intramolecular Hbond substituents is 3. The van der Waals surface area contributed by atoms with E-state index in [1.54, 1.807) is 18.2 Å². The summed E-state index contributed by atoms with van der Waals surface area (Å²) in [5.74, 6) is -3.78. The van der Waals surface area contributed by atoms with Gasteiger partial charge >= 0.3 is 5.97 Å². The predicted octanol–water partition coefficient (Wildman–Crippen LogP) is 1.45. The van der Waals surface area contributed by atoms with Crippen LogP contribution in [0.25, 0.3) is 0 Å². The van der Waals surface area contributed by atoms with Crippen LogP contribution in [0, 0.1) is 11.8 Å². The van der Waals surface area contributed by atoms with Crippen LogP contribution in [0.5, 0.6) is 51.7 Å². The van der Waals surface area contributed by atoms with Crippen LogP contribution in [0.3, 0.4) is 0 Å². The number of aliphatic hydroxyl groups excluding tert-OH is 4. The summed E-state index contributed by atoms with van der Waals surface area (Å²) >= 11 is 0. The first-order chi connectivity index (χ1) is 25.9. The molecule has 1 heterocycles. The lowest BCUT2D eigenvalue weighted by Gasteiger charge is -2.44. The Morgan fingerprint density at radius 2 is 1.26 bits per heavy atom. The zero-order valence-corrected chi connectivity index (χ0v) is 30.5. The molecule has 1 aliphatic carbocycles. The molecule has 8 atom stereocenters. The van der Waals surface area contributed by atoms with Crippen LogP contribution in [0.4, 0.5) is 0 Å². The van der Waals surface area contributed by atoms with Gasteiger partial charge in [0.2, 0.25) is 17.2 Å². The smallest absolute Gasteiger partial charge is 0.338 e. The molecule has 7 N–H and O–H groups in total. The number of hydrogen-bond acceptors (Lipinski definition) is 17. The third kappa shape index (κ3) is 7.42. The summed E-state index contributed by atoms with van der Waals surface area (Å²) < 4.78 is 50.2. The molecule has 3 aromatic rings. The van der Waals surface area contributed by atoms with Gasteiger partial charge in [-0.05, 0) is 59.7 Å². The largest absolute Gasteiger partial charge is 0.502 e. The first-order valence-corrected chi connectivity index (χ1v) is 16.8. The number of aliphatic hydroxyl groups is 4. The highest BCUT2D eigenvalue weighted by Gasteiger charge is 2.49. The second kappa shape index (κ2) is 17.0. The van der Waals surface area contributed by atoms with Gasteiger partial charge in [-0.2, -0.15) is 0 Å². The number of methoxy groups -OCH3 is 6. The van der Waals surface area contributed by atoms with Gasteiger partial charge < -0.3 is 78.4 Å². The Labute approximate surface area is 310 Å². The molecule has 3 aromatic carbocycles. The first-order valence-electron chi connectivity index (χ1n) is 16.8. The number of rotatable bonds is 14. The molecule has 1 aliphatic heterocycles. The molecule has 17 heteroatoms. The van der Waals surface area contributed by atoms with E-state index in [0.717, 1.165) is 0 Å². The van der Waals surface area contributed by atoms with Crippen molar-refractivity contribution in [2.75, 3.05) is 62.5 Å². The van der Waals surface area contributed by atoms with Crippen molar-refractivity contribution in [3.8, 4) is 51.7 Å². The third-order valence-electron chi connectivity index (χ3n) is 9.93. The zero-order chi connectivity index (χ0) is 39.4. The second-order valence-corrected chi connectivity index (χ2v) is 12.7. The van der Waals surface area contributed by atoms with E-state index >= 15 is 0 Å². The van der Waals surface area contributed by atoms with E-state index in [1.807, 2.05) is 0 Å². The van der Waals surface area contributed by atoms with Crippen molar-refractivity contribution in [1.29, 1.82) is 0 Å². The van der Waals surface area contributed by atoms with Crippen LogP contribution in [-0.2, 0) is 20.6 Å². The Bertz CT molecular complexity index is 1750. The number of benzene rings is 3. The summed E-state index contributed by atoms with van der Waals surface area (Å²) in [6.07, 6.45) is -7.85. The standard InChI is InChI=1S/C37H46O17/c1-46-21-9-17(10-22(47-2)29(21)40)27-20(19(13-38)7-16-8-25(50-5)32(43)34(51-6)28(16)27)15-52-37-35(33(44)31(42)26(14-39)53-37)54-36(45)18-11-23(48-3)30(41)24(12-18)49-4/h8-12,19-20,26-27,31,33,35,37-44H,7,13-15H2,1-6H3/t19-,20-,26+,27+,31+,33-,35+,37+/m0/s1. The summed E-state index contributed by atoms with van der Waals surface area (Å²) in [4.78, 5) is 13.5. The maximum atomic E-state index is 13.5. The quantitative estimate of drug-likeness (QED) is 0.115. The minimum atomic E-state index is -1.81. The second-order valence-electron chi connectivity index (χ2n) is 12.7. The minimum absolute atomic E-state index is 0.0707. The number of carbonyl (C=O) groups excluding carboxylic acids is 1. The lowest BCUT2D eigenvalue weighted by atomic mass is 9.66. The van der Waals surface area contributed by atoms with E-state index < -0.39 is 61.0 Å². The number of ether oxygens (including phenoxy) is 9. The molecule has 1 saturated heterocycles. The zero-order valence-electron chi connectivity index (χ0n) is 30.5. The van der Waals surface area contributed by atoms with Gasteiger partial charge in [0.15, 0.2) is 46.9 Å². The molecule has 17 nitrogen and oxygen atoms in total. The highest BCUT2D eigenvalue weighted by molar-refractivity contribution is 5.91. The topological polar surface area (TPSA) is 242 Å². The molecule has 0 amide bonds. The average molecular weight is 763 g/mol. The lowest BCUT2D eigenvalue weighted by Crippen LogP contribution is -2.60.